The molecule has 2 unspecified atom stereocenters. The Kier molecular flexibility index (Phi) is 3.57. The number of hydrogen-bond acceptors (Lipinski definition) is 2. The maximum atomic E-state index is 6.25. The highest BCUT2D eigenvalue weighted by Crippen LogP contribution is 2.53. The maximum Gasteiger partial charge on any atom is 0.108 e. The Morgan fingerprint density at radius 2 is 2.05 bits per heavy atom. The summed E-state index contributed by atoms with van der Waals surface area (Å²) in [5, 5.41) is 1.21. The lowest BCUT2D eigenvalue weighted by Gasteiger charge is -2.42. The van der Waals surface area contributed by atoms with Gasteiger partial charge in [0.15, 0.2) is 0 Å². The van der Waals surface area contributed by atoms with E-state index in [1.807, 2.05) is 12.1 Å². The van der Waals surface area contributed by atoms with Crippen LogP contribution in [0, 0.1) is 0 Å². The predicted molar refractivity (Wildman–Crippen MR) is 83.6 cm³/mol. The van der Waals surface area contributed by atoms with Crippen LogP contribution in [0.5, 0.6) is 0 Å². The van der Waals surface area contributed by atoms with Gasteiger partial charge in [0.1, 0.15) is 5.60 Å². The fourth-order valence-corrected chi connectivity index (χ4v) is 4.15. The lowest BCUT2D eigenvalue weighted by atomic mass is 9.87. The lowest BCUT2D eigenvalue weighted by Crippen LogP contribution is -2.52. The number of benzene rings is 1. The van der Waals surface area contributed by atoms with E-state index in [0.29, 0.717) is 16.1 Å². The molecule has 20 heavy (non-hydrogen) atoms. The monoisotopic (exact) mass is 313 g/mol. The zero-order valence-corrected chi connectivity index (χ0v) is 13.8. The van der Waals surface area contributed by atoms with Crippen LogP contribution in [0.25, 0.3) is 0 Å². The number of nitrogens with zero attached hydrogens (tertiary/aromatic N) is 1. The van der Waals surface area contributed by atoms with Gasteiger partial charge in [-0.05, 0) is 38.0 Å². The van der Waals surface area contributed by atoms with Gasteiger partial charge in [0.05, 0.1) is 16.7 Å². The van der Waals surface area contributed by atoms with Gasteiger partial charge in [0.25, 0.3) is 0 Å². The molecule has 0 aromatic heterocycles. The Bertz CT molecular complexity index is 533. The maximum absolute atomic E-state index is 6.25. The van der Waals surface area contributed by atoms with Crippen molar-refractivity contribution in [2.45, 2.75) is 50.8 Å². The molecule has 2 aliphatic heterocycles. The molecule has 0 amide bonds. The molecule has 4 heteroatoms. The average molecular weight is 314 g/mol. The molecule has 1 aromatic rings. The summed E-state index contributed by atoms with van der Waals surface area (Å²) in [6.07, 6.45) is 2.17. The van der Waals surface area contributed by atoms with E-state index in [1.165, 1.54) is 0 Å². The molecule has 2 fully saturated rings. The Hall–Kier alpha value is -0.280. The van der Waals surface area contributed by atoms with E-state index >= 15 is 0 Å². The number of rotatable bonds is 3. The minimum atomic E-state index is -0.214. The molecule has 0 spiro atoms. The summed E-state index contributed by atoms with van der Waals surface area (Å²) in [6.45, 7) is 8.54. The molecule has 0 aliphatic carbocycles. The van der Waals surface area contributed by atoms with Crippen molar-refractivity contribution in [1.82, 2.24) is 4.90 Å². The normalized spacial score (nSPS) is 33.3. The largest absolute Gasteiger partial charge is 0.367 e. The summed E-state index contributed by atoms with van der Waals surface area (Å²) < 4.78 is 6.25. The highest BCUT2D eigenvalue weighted by Gasteiger charge is 2.60. The van der Waals surface area contributed by atoms with Crippen molar-refractivity contribution >= 4 is 23.2 Å². The van der Waals surface area contributed by atoms with Crippen molar-refractivity contribution in [3.05, 3.63) is 33.8 Å². The molecule has 2 heterocycles. The molecule has 2 aliphatic rings. The summed E-state index contributed by atoms with van der Waals surface area (Å²) in [6, 6.07) is 6.44. The van der Waals surface area contributed by atoms with E-state index in [9.17, 15) is 0 Å². The second-order valence-electron chi connectivity index (χ2n) is 6.39. The molecule has 2 nitrogen and oxygen atoms in total. The molecule has 2 saturated heterocycles. The van der Waals surface area contributed by atoms with Gasteiger partial charge < -0.3 is 4.74 Å². The number of hydrogen-bond donors (Lipinski definition) is 0. The van der Waals surface area contributed by atoms with E-state index in [2.05, 4.69) is 31.7 Å². The first-order valence-electron chi connectivity index (χ1n) is 7.29. The number of morpholine rings is 1. The minimum absolute atomic E-state index is 0.181. The van der Waals surface area contributed by atoms with Crippen LogP contribution in [-0.4, -0.2) is 29.6 Å². The van der Waals surface area contributed by atoms with E-state index in [1.54, 1.807) is 0 Å². The molecular weight excluding hydrogens is 293 g/mol. The average Bonchev–Trinajstić information content (AvgIpc) is 2.97. The predicted octanol–water partition coefficient (Wildman–Crippen LogP) is 4.48. The van der Waals surface area contributed by atoms with Crippen molar-refractivity contribution in [1.29, 1.82) is 0 Å². The standard InChI is InChI=1S/C16H21Cl2NO/c1-4-15-8-16(20-10-15,9-19(15)11(2)3)12-5-6-13(17)14(18)7-12/h5-7,11H,4,8-10H2,1-3H3. The number of fused-ring (bicyclic) bond motifs is 2. The van der Waals surface area contributed by atoms with Crippen LogP contribution in [0.3, 0.4) is 0 Å². The van der Waals surface area contributed by atoms with Crippen molar-refractivity contribution < 1.29 is 4.74 Å². The topological polar surface area (TPSA) is 12.5 Å². The molecule has 0 saturated carbocycles. The van der Waals surface area contributed by atoms with Gasteiger partial charge in [-0.3, -0.25) is 4.90 Å². The van der Waals surface area contributed by atoms with Crippen LogP contribution in [0.1, 0.15) is 39.2 Å². The van der Waals surface area contributed by atoms with Gasteiger partial charge in [0.2, 0.25) is 0 Å². The fourth-order valence-electron chi connectivity index (χ4n) is 3.85. The number of ether oxygens (including phenoxy) is 1. The second-order valence-corrected chi connectivity index (χ2v) is 7.20. The third-order valence-electron chi connectivity index (χ3n) is 4.99. The van der Waals surface area contributed by atoms with Crippen LogP contribution >= 0.6 is 23.2 Å². The minimum Gasteiger partial charge on any atom is -0.367 e. The SMILES string of the molecule is CCC12COC(c3ccc(Cl)c(Cl)c3)(CN1C(C)C)C2. The molecule has 2 bridgehead atoms. The van der Waals surface area contributed by atoms with Crippen LogP contribution in [0.15, 0.2) is 18.2 Å². The summed E-state index contributed by atoms with van der Waals surface area (Å²) in [7, 11) is 0. The lowest BCUT2D eigenvalue weighted by molar-refractivity contribution is -0.0808. The van der Waals surface area contributed by atoms with Crippen molar-refractivity contribution in [2.75, 3.05) is 13.2 Å². The van der Waals surface area contributed by atoms with Crippen molar-refractivity contribution in [3.63, 3.8) is 0 Å². The van der Waals surface area contributed by atoms with Crippen LogP contribution in [0.4, 0.5) is 0 Å². The van der Waals surface area contributed by atoms with Gasteiger partial charge >= 0.3 is 0 Å². The van der Waals surface area contributed by atoms with Gasteiger partial charge in [-0.1, -0.05) is 36.2 Å². The highest BCUT2D eigenvalue weighted by molar-refractivity contribution is 6.42. The molecule has 0 N–H and O–H groups in total. The van der Waals surface area contributed by atoms with Gasteiger partial charge in [-0.2, -0.15) is 0 Å². The first kappa shape index (κ1) is 14.6. The van der Waals surface area contributed by atoms with Crippen LogP contribution in [-0.2, 0) is 10.3 Å². The quantitative estimate of drug-likeness (QED) is 0.815. The second kappa shape index (κ2) is 4.88. The number of halogens is 2. The van der Waals surface area contributed by atoms with Gasteiger partial charge in [0, 0.05) is 24.5 Å². The molecular formula is C16H21Cl2NO. The van der Waals surface area contributed by atoms with Crippen molar-refractivity contribution in [3.8, 4) is 0 Å². The van der Waals surface area contributed by atoms with E-state index in [0.717, 1.165) is 31.6 Å². The van der Waals surface area contributed by atoms with Crippen LogP contribution in [0.2, 0.25) is 10.0 Å². The summed E-state index contributed by atoms with van der Waals surface area (Å²) in [5.41, 5.74) is 1.12. The van der Waals surface area contributed by atoms with Crippen LogP contribution < -0.4 is 0 Å². The fraction of sp³-hybridized carbons (Fsp3) is 0.625. The van der Waals surface area contributed by atoms with E-state index in [-0.39, 0.29) is 11.1 Å². The summed E-state index contributed by atoms with van der Waals surface area (Å²) >= 11 is 12.2. The van der Waals surface area contributed by atoms with E-state index in [4.69, 9.17) is 27.9 Å². The Balaban J connectivity index is 2.00. The first-order chi connectivity index (χ1) is 9.42. The highest BCUT2D eigenvalue weighted by atomic mass is 35.5. The zero-order chi connectivity index (χ0) is 14.5. The number of likely N-dealkylation sites (tertiary alicyclic amines) is 1. The van der Waals surface area contributed by atoms with Gasteiger partial charge in [-0.25, -0.2) is 0 Å². The summed E-state index contributed by atoms with van der Waals surface area (Å²) in [4.78, 5) is 2.60. The third kappa shape index (κ3) is 2.00. The van der Waals surface area contributed by atoms with E-state index < -0.39 is 0 Å². The third-order valence-corrected chi connectivity index (χ3v) is 5.73. The Labute approximate surface area is 131 Å². The first-order valence-corrected chi connectivity index (χ1v) is 8.04. The van der Waals surface area contributed by atoms with Crippen molar-refractivity contribution in [2.24, 2.45) is 0 Å². The van der Waals surface area contributed by atoms with Gasteiger partial charge in [-0.15, -0.1) is 0 Å². The Morgan fingerprint density at radius 3 is 2.60 bits per heavy atom. The zero-order valence-electron chi connectivity index (χ0n) is 12.2. The molecule has 1 aromatic carbocycles. The Morgan fingerprint density at radius 1 is 1.30 bits per heavy atom. The molecule has 2 atom stereocenters. The summed E-state index contributed by atoms with van der Waals surface area (Å²) in [5.74, 6) is 0. The molecule has 0 radical (unpaired) electrons. The molecule has 3 rings (SSSR count). The smallest absolute Gasteiger partial charge is 0.108 e. The molecule has 110 valence electrons.